The van der Waals surface area contributed by atoms with E-state index in [-0.39, 0.29) is 18.3 Å². The standard InChI is InChI=1S/C10H23NO4Si/c1-10(2,3)16(4,5)15-7-8(6-12)11-9(13)14/h8,11-12H,6-7H2,1-5H3,(H,13,14)/t8-/m1/s1. The van der Waals surface area contributed by atoms with Crippen molar-refractivity contribution in [1.29, 1.82) is 0 Å². The highest BCUT2D eigenvalue weighted by Crippen LogP contribution is 2.36. The zero-order valence-electron chi connectivity index (χ0n) is 10.7. The number of aliphatic hydroxyl groups excluding tert-OH is 1. The third kappa shape index (κ3) is 4.96. The van der Waals surface area contributed by atoms with Gasteiger partial charge in [-0.1, -0.05) is 20.8 Å². The van der Waals surface area contributed by atoms with Crippen LogP contribution in [-0.4, -0.2) is 43.9 Å². The molecule has 0 fully saturated rings. The fraction of sp³-hybridized carbons (Fsp3) is 0.900. The Balaban J connectivity index is 4.26. The zero-order chi connectivity index (χ0) is 13.0. The minimum absolute atomic E-state index is 0.0796. The van der Waals surface area contributed by atoms with Crippen LogP contribution in [-0.2, 0) is 4.43 Å². The van der Waals surface area contributed by atoms with Crippen LogP contribution < -0.4 is 5.32 Å². The topological polar surface area (TPSA) is 78.8 Å². The van der Waals surface area contributed by atoms with E-state index in [1.807, 2.05) is 0 Å². The maximum Gasteiger partial charge on any atom is 0.405 e. The largest absolute Gasteiger partial charge is 0.465 e. The van der Waals surface area contributed by atoms with Crippen molar-refractivity contribution in [3.05, 3.63) is 0 Å². The van der Waals surface area contributed by atoms with Crippen LogP contribution in [0.1, 0.15) is 20.8 Å². The normalized spacial score (nSPS) is 14.6. The van der Waals surface area contributed by atoms with Gasteiger partial charge >= 0.3 is 6.09 Å². The molecular formula is C10H23NO4Si. The van der Waals surface area contributed by atoms with Crippen molar-refractivity contribution < 1.29 is 19.4 Å². The van der Waals surface area contributed by atoms with E-state index in [9.17, 15) is 4.79 Å². The average Bonchev–Trinajstić information content (AvgIpc) is 2.09. The molecule has 1 amide bonds. The van der Waals surface area contributed by atoms with Crippen LogP contribution in [0.4, 0.5) is 4.79 Å². The van der Waals surface area contributed by atoms with Crippen LogP contribution in [0.3, 0.4) is 0 Å². The van der Waals surface area contributed by atoms with Crippen molar-refractivity contribution in [1.82, 2.24) is 5.32 Å². The first-order valence-electron chi connectivity index (χ1n) is 5.34. The lowest BCUT2D eigenvalue weighted by Crippen LogP contribution is -2.47. The molecule has 16 heavy (non-hydrogen) atoms. The molecule has 0 saturated heterocycles. The Labute approximate surface area is 97.9 Å². The second kappa shape index (κ2) is 5.65. The summed E-state index contributed by atoms with van der Waals surface area (Å²) in [6, 6.07) is -0.549. The van der Waals surface area contributed by atoms with Crippen LogP contribution in [0.2, 0.25) is 18.1 Å². The SMILES string of the molecule is CC(C)(C)[Si](C)(C)OC[C@@H](CO)NC(=O)O. The molecule has 0 saturated carbocycles. The molecule has 3 N–H and O–H groups in total. The molecule has 1 atom stereocenters. The Bertz CT molecular complexity index is 237. The molecule has 0 aliphatic heterocycles. The van der Waals surface area contributed by atoms with E-state index >= 15 is 0 Å². The van der Waals surface area contributed by atoms with Crippen molar-refractivity contribution >= 4 is 14.4 Å². The predicted molar refractivity (Wildman–Crippen MR) is 65.2 cm³/mol. The molecule has 0 heterocycles. The molecule has 0 spiro atoms. The van der Waals surface area contributed by atoms with Gasteiger partial charge in [-0.25, -0.2) is 4.79 Å². The van der Waals surface area contributed by atoms with Crippen molar-refractivity contribution in [3.63, 3.8) is 0 Å². The second-order valence-electron chi connectivity index (χ2n) is 5.40. The average molecular weight is 249 g/mol. The summed E-state index contributed by atoms with van der Waals surface area (Å²) in [4.78, 5) is 10.4. The number of amides is 1. The predicted octanol–water partition coefficient (Wildman–Crippen LogP) is 1.64. The summed E-state index contributed by atoms with van der Waals surface area (Å²) in [5.41, 5.74) is 0. The van der Waals surface area contributed by atoms with Gasteiger partial charge in [-0.2, -0.15) is 0 Å². The highest BCUT2D eigenvalue weighted by atomic mass is 28.4. The van der Waals surface area contributed by atoms with E-state index in [0.717, 1.165) is 0 Å². The summed E-state index contributed by atoms with van der Waals surface area (Å²) in [7, 11) is -1.88. The van der Waals surface area contributed by atoms with Gasteiger partial charge in [0, 0.05) is 0 Å². The lowest BCUT2D eigenvalue weighted by molar-refractivity contribution is 0.151. The third-order valence-electron chi connectivity index (χ3n) is 3.00. The van der Waals surface area contributed by atoms with Crippen LogP contribution in [0.15, 0.2) is 0 Å². The van der Waals surface area contributed by atoms with Gasteiger partial charge in [0.05, 0.1) is 19.3 Å². The van der Waals surface area contributed by atoms with Gasteiger partial charge in [0.25, 0.3) is 0 Å². The Kier molecular flexibility index (Phi) is 5.44. The molecule has 0 aliphatic rings. The Hall–Kier alpha value is -0.593. The van der Waals surface area contributed by atoms with E-state index in [1.54, 1.807) is 0 Å². The number of rotatable bonds is 5. The monoisotopic (exact) mass is 249 g/mol. The van der Waals surface area contributed by atoms with Crippen LogP contribution >= 0.6 is 0 Å². The van der Waals surface area contributed by atoms with E-state index in [0.29, 0.717) is 0 Å². The first-order chi connectivity index (χ1) is 7.10. The lowest BCUT2D eigenvalue weighted by Gasteiger charge is -2.37. The summed E-state index contributed by atoms with van der Waals surface area (Å²) >= 11 is 0. The van der Waals surface area contributed by atoms with Crippen LogP contribution in [0.5, 0.6) is 0 Å². The van der Waals surface area contributed by atoms with E-state index in [4.69, 9.17) is 14.6 Å². The molecule has 96 valence electrons. The quantitative estimate of drug-likeness (QED) is 0.647. The van der Waals surface area contributed by atoms with E-state index in [1.165, 1.54) is 0 Å². The van der Waals surface area contributed by atoms with Crippen LogP contribution in [0.25, 0.3) is 0 Å². The second-order valence-corrected chi connectivity index (χ2v) is 10.2. The first kappa shape index (κ1) is 15.4. The van der Waals surface area contributed by atoms with Gasteiger partial charge in [0.2, 0.25) is 0 Å². The van der Waals surface area contributed by atoms with Crippen molar-refractivity contribution in [2.24, 2.45) is 0 Å². The number of nitrogens with one attached hydrogen (secondary N) is 1. The fourth-order valence-corrected chi connectivity index (χ4v) is 1.89. The molecule has 0 aromatic heterocycles. The van der Waals surface area contributed by atoms with Crippen LogP contribution in [0, 0.1) is 0 Å². The number of hydrogen-bond acceptors (Lipinski definition) is 3. The number of carbonyl (C=O) groups is 1. The number of carboxylic acid groups (broad SMARTS) is 1. The molecular weight excluding hydrogens is 226 g/mol. The van der Waals surface area contributed by atoms with Gasteiger partial charge in [-0.3, -0.25) is 0 Å². The molecule has 0 radical (unpaired) electrons. The summed E-state index contributed by atoms with van der Waals surface area (Å²) < 4.78 is 5.80. The van der Waals surface area contributed by atoms with Gasteiger partial charge in [0.15, 0.2) is 8.32 Å². The van der Waals surface area contributed by atoms with Gasteiger partial charge < -0.3 is 20.0 Å². The minimum atomic E-state index is -1.88. The third-order valence-corrected chi connectivity index (χ3v) is 7.50. The highest BCUT2D eigenvalue weighted by molar-refractivity contribution is 6.74. The van der Waals surface area contributed by atoms with Crippen molar-refractivity contribution in [2.75, 3.05) is 13.2 Å². The lowest BCUT2D eigenvalue weighted by atomic mass is 10.2. The zero-order valence-corrected chi connectivity index (χ0v) is 11.7. The summed E-state index contributed by atoms with van der Waals surface area (Å²) in [6.45, 7) is 10.5. The molecule has 0 aliphatic carbocycles. The summed E-state index contributed by atoms with van der Waals surface area (Å²) in [6.07, 6.45) is -1.14. The molecule has 6 heteroatoms. The summed E-state index contributed by atoms with van der Waals surface area (Å²) in [5, 5.41) is 19.8. The number of aliphatic hydroxyl groups is 1. The highest BCUT2D eigenvalue weighted by Gasteiger charge is 2.37. The number of hydrogen-bond donors (Lipinski definition) is 3. The molecule has 0 unspecified atom stereocenters. The first-order valence-corrected chi connectivity index (χ1v) is 8.25. The smallest absolute Gasteiger partial charge is 0.405 e. The van der Waals surface area contributed by atoms with Gasteiger partial charge in [-0.15, -0.1) is 0 Å². The molecule has 5 nitrogen and oxygen atoms in total. The van der Waals surface area contributed by atoms with Crippen molar-refractivity contribution in [3.8, 4) is 0 Å². The van der Waals surface area contributed by atoms with E-state index in [2.05, 4.69) is 39.2 Å². The van der Waals surface area contributed by atoms with E-state index < -0.39 is 20.5 Å². The van der Waals surface area contributed by atoms with Crippen molar-refractivity contribution in [2.45, 2.75) is 44.9 Å². The Morgan fingerprint density at radius 1 is 1.44 bits per heavy atom. The minimum Gasteiger partial charge on any atom is -0.465 e. The molecule has 0 aromatic rings. The molecule has 0 bridgehead atoms. The van der Waals surface area contributed by atoms with Gasteiger partial charge in [-0.05, 0) is 18.1 Å². The molecule has 0 aromatic carbocycles. The maximum absolute atomic E-state index is 10.4. The van der Waals surface area contributed by atoms with Gasteiger partial charge in [0.1, 0.15) is 0 Å². The maximum atomic E-state index is 10.4. The fourth-order valence-electron chi connectivity index (χ4n) is 0.840. The Morgan fingerprint density at radius 3 is 2.25 bits per heavy atom. The molecule has 0 rings (SSSR count). The summed E-state index contributed by atoms with van der Waals surface area (Å²) in [5.74, 6) is 0. The Morgan fingerprint density at radius 2 is 1.94 bits per heavy atom.